The molecule has 0 radical (unpaired) electrons. The smallest absolute Gasteiger partial charge is 0.352 e. The van der Waals surface area contributed by atoms with Crippen LogP contribution < -0.4 is 0 Å². The summed E-state index contributed by atoms with van der Waals surface area (Å²) < 4.78 is 6.52. The topological polar surface area (TPSA) is 70.0 Å². The lowest BCUT2D eigenvalue weighted by Gasteiger charge is -2.52. The van der Waals surface area contributed by atoms with Crippen LogP contribution in [0.25, 0.3) is 0 Å². The Labute approximate surface area is 142 Å². The monoisotopic (exact) mass is 345 g/mol. The lowest BCUT2D eigenvalue weighted by molar-refractivity contribution is -0.238. The van der Waals surface area contributed by atoms with Crippen LogP contribution >= 0.6 is 0 Å². The van der Waals surface area contributed by atoms with Crippen LogP contribution in [0.2, 0.25) is 17.1 Å². The fourth-order valence-corrected chi connectivity index (χ4v) is 9.24. The van der Waals surface area contributed by atoms with Gasteiger partial charge in [-0.15, -0.1) is 0 Å². The summed E-state index contributed by atoms with van der Waals surface area (Å²) in [5, 5.41) is 20.8. The van der Waals surface area contributed by atoms with E-state index in [9.17, 15) is 15.1 Å². The van der Waals surface area contributed by atoms with E-state index >= 15 is 0 Å². The zero-order valence-corrected chi connectivity index (χ0v) is 17.0. The first-order valence-electron chi connectivity index (χ1n) is 8.69. The quantitative estimate of drug-likeness (QED) is 0.701. The number of hydrogen-bond acceptors (Lipinski definition) is 4. The summed E-state index contributed by atoms with van der Waals surface area (Å²) in [4.78, 5) is 12.0. The molecule has 0 spiro atoms. The molecule has 1 aliphatic heterocycles. The van der Waals surface area contributed by atoms with Crippen molar-refractivity contribution in [2.75, 3.05) is 6.54 Å². The Balaban J connectivity index is 3.40. The Kier molecular flexibility index (Phi) is 6.11. The van der Waals surface area contributed by atoms with Gasteiger partial charge in [0.2, 0.25) is 14.0 Å². The third-order valence-electron chi connectivity index (χ3n) is 5.58. The summed E-state index contributed by atoms with van der Waals surface area (Å²) in [5.74, 6) is -0.290. The molecule has 1 unspecified atom stereocenters. The molecule has 1 heterocycles. The highest BCUT2D eigenvalue weighted by Crippen LogP contribution is 2.53. The van der Waals surface area contributed by atoms with Crippen LogP contribution in [0.4, 0.5) is 0 Å². The van der Waals surface area contributed by atoms with E-state index in [1.807, 2.05) is 0 Å². The summed E-state index contributed by atoms with van der Waals surface area (Å²) in [7, 11) is -2.53. The maximum atomic E-state index is 12.0. The van der Waals surface area contributed by atoms with Gasteiger partial charge in [-0.2, -0.15) is 5.06 Å². The molecule has 2 N–H and O–H groups in total. The Morgan fingerprint density at radius 3 is 1.96 bits per heavy atom. The molecule has 0 aromatic carbocycles. The molecule has 0 bridgehead atoms. The molecule has 23 heavy (non-hydrogen) atoms. The molecule has 6 heteroatoms. The van der Waals surface area contributed by atoms with Gasteiger partial charge in [-0.3, -0.25) is 0 Å². The SMILES string of the molecule is CC(C)C(C(C)C)[Si](C)(O[C@]1(C(=O)O)CCCN1O)C(C)(C)C. The van der Waals surface area contributed by atoms with E-state index in [0.717, 1.165) is 5.06 Å². The first-order valence-corrected chi connectivity index (χ1v) is 11.2. The van der Waals surface area contributed by atoms with Crippen molar-refractivity contribution in [3.05, 3.63) is 0 Å². The Morgan fingerprint density at radius 2 is 1.70 bits per heavy atom. The minimum atomic E-state index is -2.53. The van der Waals surface area contributed by atoms with Gasteiger partial charge in [-0.25, -0.2) is 4.79 Å². The molecule has 0 aromatic rings. The van der Waals surface area contributed by atoms with Crippen molar-refractivity contribution in [2.24, 2.45) is 11.8 Å². The average molecular weight is 346 g/mol. The van der Waals surface area contributed by atoms with Gasteiger partial charge in [0.1, 0.15) is 0 Å². The molecular weight excluding hydrogens is 310 g/mol. The van der Waals surface area contributed by atoms with Crippen LogP contribution in [0.15, 0.2) is 0 Å². The van der Waals surface area contributed by atoms with Crippen LogP contribution in [0, 0.1) is 11.8 Å². The van der Waals surface area contributed by atoms with Crippen LogP contribution in [0.3, 0.4) is 0 Å². The van der Waals surface area contributed by atoms with E-state index in [2.05, 4.69) is 55.0 Å². The lowest BCUT2D eigenvalue weighted by Crippen LogP contribution is -2.63. The van der Waals surface area contributed by atoms with E-state index in [1.54, 1.807) is 0 Å². The van der Waals surface area contributed by atoms with Gasteiger partial charge in [0.25, 0.3) is 0 Å². The van der Waals surface area contributed by atoms with Gasteiger partial charge in [-0.1, -0.05) is 48.5 Å². The van der Waals surface area contributed by atoms with Crippen molar-refractivity contribution in [3.63, 3.8) is 0 Å². The number of carbonyl (C=O) groups is 1. The molecule has 0 amide bonds. The van der Waals surface area contributed by atoms with Crippen LogP contribution in [0.5, 0.6) is 0 Å². The molecule has 136 valence electrons. The number of rotatable bonds is 6. The zero-order valence-electron chi connectivity index (χ0n) is 16.0. The molecule has 5 nitrogen and oxygen atoms in total. The molecule has 0 aliphatic carbocycles. The van der Waals surface area contributed by atoms with E-state index in [4.69, 9.17) is 4.43 Å². The average Bonchev–Trinajstić information content (AvgIpc) is 2.69. The number of aliphatic carboxylic acids is 1. The van der Waals surface area contributed by atoms with Crippen molar-refractivity contribution in [2.45, 2.75) is 84.2 Å². The van der Waals surface area contributed by atoms with Crippen LogP contribution in [-0.4, -0.2) is 41.9 Å². The first kappa shape index (κ1) is 20.6. The van der Waals surface area contributed by atoms with Gasteiger partial charge in [-0.05, 0) is 35.4 Å². The number of nitrogens with zero attached hydrogens (tertiary/aromatic N) is 1. The summed E-state index contributed by atoms with van der Waals surface area (Å²) in [6.07, 6.45) is 0.964. The summed E-state index contributed by atoms with van der Waals surface area (Å²) >= 11 is 0. The normalized spacial score (nSPS) is 26.3. The fourth-order valence-electron chi connectivity index (χ4n) is 4.26. The second kappa shape index (κ2) is 6.82. The third-order valence-corrected chi connectivity index (χ3v) is 11.9. The minimum Gasteiger partial charge on any atom is -0.478 e. The van der Waals surface area contributed by atoms with Gasteiger partial charge >= 0.3 is 5.97 Å². The van der Waals surface area contributed by atoms with Gasteiger partial charge < -0.3 is 14.7 Å². The predicted octanol–water partition coefficient (Wildman–Crippen LogP) is 4.33. The third kappa shape index (κ3) is 3.65. The van der Waals surface area contributed by atoms with E-state index in [0.29, 0.717) is 36.8 Å². The molecule has 1 fully saturated rings. The molecule has 1 aliphatic rings. The van der Waals surface area contributed by atoms with Gasteiger partial charge in [0.15, 0.2) is 0 Å². The Morgan fingerprint density at radius 1 is 1.22 bits per heavy atom. The van der Waals surface area contributed by atoms with E-state index in [-0.39, 0.29) is 5.04 Å². The van der Waals surface area contributed by atoms with Crippen LogP contribution in [-0.2, 0) is 9.22 Å². The second-order valence-corrected chi connectivity index (χ2v) is 13.4. The van der Waals surface area contributed by atoms with Crippen molar-refractivity contribution >= 4 is 14.3 Å². The number of hydrogen-bond donors (Lipinski definition) is 2. The van der Waals surface area contributed by atoms with E-state index in [1.165, 1.54) is 0 Å². The van der Waals surface area contributed by atoms with E-state index < -0.39 is 20.0 Å². The summed E-state index contributed by atoms with van der Waals surface area (Å²) in [6.45, 7) is 17.7. The second-order valence-electron chi connectivity index (χ2n) is 8.79. The maximum absolute atomic E-state index is 12.0. The Hall–Kier alpha value is -0.433. The highest BCUT2D eigenvalue weighted by molar-refractivity contribution is 6.77. The fraction of sp³-hybridized carbons (Fsp3) is 0.941. The first-order chi connectivity index (χ1) is 10.3. The molecule has 1 saturated heterocycles. The van der Waals surface area contributed by atoms with Crippen LogP contribution in [0.1, 0.15) is 61.3 Å². The molecule has 2 atom stereocenters. The molecule has 1 rings (SSSR count). The zero-order chi connectivity index (χ0) is 18.2. The highest BCUT2D eigenvalue weighted by Gasteiger charge is 2.59. The van der Waals surface area contributed by atoms with Crippen molar-refractivity contribution in [1.29, 1.82) is 0 Å². The van der Waals surface area contributed by atoms with Gasteiger partial charge in [0.05, 0.1) is 0 Å². The Bertz CT molecular complexity index is 427. The van der Waals surface area contributed by atoms with Crippen molar-refractivity contribution in [1.82, 2.24) is 5.06 Å². The van der Waals surface area contributed by atoms with Crippen molar-refractivity contribution in [3.8, 4) is 0 Å². The molecule has 0 aromatic heterocycles. The summed E-state index contributed by atoms with van der Waals surface area (Å²) in [5.41, 5.74) is -1.29. The number of hydroxylamine groups is 2. The molecular formula is C17H35NO4Si. The number of carboxylic acid groups (broad SMARTS) is 1. The minimum absolute atomic E-state index is 0.141. The summed E-state index contributed by atoms with van der Waals surface area (Å²) in [6, 6.07) is 0. The largest absolute Gasteiger partial charge is 0.478 e. The van der Waals surface area contributed by atoms with Crippen molar-refractivity contribution < 1.29 is 19.5 Å². The standard InChI is InChI=1S/C17H35NO4Si/c1-12(2)14(13(3)4)23(8,16(5,6)7)22-17(15(19)20)10-9-11-18(17)21/h12-14,21H,9-11H2,1-8H3,(H,19,20)/t17-,23?/m0/s1. The van der Waals surface area contributed by atoms with Gasteiger partial charge in [0, 0.05) is 13.0 Å². The highest BCUT2D eigenvalue weighted by atomic mass is 28.4. The maximum Gasteiger partial charge on any atom is 0.352 e. The number of carboxylic acids is 1. The lowest BCUT2D eigenvalue weighted by atomic mass is 10.00. The predicted molar refractivity (Wildman–Crippen MR) is 93.9 cm³/mol. The molecule has 0 saturated carbocycles.